The Morgan fingerprint density at radius 2 is 0.933 bits per heavy atom. The number of aromatic nitrogens is 2. The molecule has 0 bridgehead atoms. The molecule has 0 atom stereocenters. The van der Waals surface area contributed by atoms with Crippen LogP contribution in [0.1, 0.15) is 0 Å². The van der Waals surface area contributed by atoms with Crippen LogP contribution < -0.4 is 4.90 Å². The monoisotopic (exact) mass is 575 g/mol. The van der Waals surface area contributed by atoms with Crippen molar-refractivity contribution in [3.63, 3.8) is 0 Å². The molecular formula is C42H29N3. The van der Waals surface area contributed by atoms with E-state index in [1.54, 1.807) is 0 Å². The van der Waals surface area contributed by atoms with Crippen LogP contribution in [0, 0.1) is 0 Å². The molecule has 0 radical (unpaired) electrons. The number of nitrogens with zero attached hydrogens (tertiary/aromatic N) is 3. The average Bonchev–Trinajstić information content (AvgIpc) is 3.12. The van der Waals surface area contributed by atoms with E-state index in [2.05, 4.69) is 150 Å². The summed E-state index contributed by atoms with van der Waals surface area (Å²) in [4.78, 5) is 11.8. The molecular weight excluding hydrogens is 546 g/mol. The molecule has 0 saturated carbocycles. The molecule has 45 heavy (non-hydrogen) atoms. The maximum atomic E-state index is 4.79. The molecule has 0 N–H and O–H groups in total. The van der Waals surface area contributed by atoms with Crippen molar-refractivity contribution < 1.29 is 0 Å². The van der Waals surface area contributed by atoms with Crippen LogP contribution in [0.15, 0.2) is 176 Å². The first kappa shape index (κ1) is 26.6. The summed E-state index contributed by atoms with van der Waals surface area (Å²) in [6, 6.07) is 57.5. The van der Waals surface area contributed by atoms with Gasteiger partial charge in [0.05, 0.1) is 11.4 Å². The standard InChI is InChI=1S/C42H29N3/c1-2-14-30(15-3-1)33-16-8-9-22-39(33)45(40-23-11-13-29-44-40)32-26-24-31(25-27-32)41-34-17-4-6-19-36(34)42(38-21-10-12-28-43-38)37-20-7-5-18-35(37)41/h1-29H. The Morgan fingerprint density at radius 1 is 0.378 bits per heavy atom. The van der Waals surface area contributed by atoms with Gasteiger partial charge in [0, 0.05) is 29.2 Å². The number of para-hydroxylation sites is 1. The molecule has 212 valence electrons. The largest absolute Gasteiger partial charge is 0.294 e. The molecule has 8 aromatic rings. The van der Waals surface area contributed by atoms with E-state index in [9.17, 15) is 0 Å². The summed E-state index contributed by atoms with van der Waals surface area (Å²) in [7, 11) is 0. The maximum absolute atomic E-state index is 4.79. The molecule has 8 rings (SSSR count). The predicted molar refractivity (Wildman–Crippen MR) is 188 cm³/mol. The molecule has 0 fully saturated rings. The van der Waals surface area contributed by atoms with Crippen molar-refractivity contribution in [1.29, 1.82) is 0 Å². The topological polar surface area (TPSA) is 29.0 Å². The maximum Gasteiger partial charge on any atom is 0.137 e. The number of hydrogen-bond donors (Lipinski definition) is 0. The first-order chi connectivity index (χ1) is 22.4. The van der Waals surface area contributed by atoms with Crippen LogP contribution in [0.4, 0.5) is 17.2 Å². The quantitative estimate of drug-likeness (QED) is 0.185. The molecule has 0 spiro atoms. The third kappa shape index (κ3) is 4.81. The van der Waals surface area contributed by atoms with Crippen LogP contribution >= 0.6 is 0 Å². The summed E-state index contributed by atoms with van der Waals surface area (Å²) in [6.07, 6.45) is 3.72. The SMILES string of the molecule is c1ccc(-c2ccccc2N(c2ccc(-c3c4ccccc4c(-c4ccccn4)c4ccccc34)cc2)c2ccccn2)cc1. The minimum Gasteiger partial charge on any atom is -0.294 e. The lowest BCUT2D eigenvalue weighted by molar-refractivity contribution is 1.18. The van der Waals surface area contributed by atoms with Gasteiger partial charge in [0.1, 0.15) is 5.82 Å². The van der Waals surface area contributed by atoms with Crippen molar-refractivity contribution in [3.05, 3.63) is 176 Å². The zero-order valence-electron chi connectivity index (χ0n) is 24.6. The molecule has 2 aromatic heterocycles. The summed E-state index contributed by atoms with van der Waals surface area (Å²) < 4.78 is 0. The molecule has 6 aromatic carbocycles. The molecule has 3 heteroatoms. The van der Waals surface area contributed by atoms with Gasteiger partial charge in [0.15, 0.2) is 0 Å². The Hall–Kier alpha value is -6.06. The summed E-state index contributed by atoms with van der Waals surface area (Å²) in [5.74, 6) is 0.865. The fraction of sp³-hybridized carbons (Fsp3) is 0. The lowest BCUT2D eigenvalue weighted by Gasteiger charge is -2.27. The smallest absolute Gasteiger partial charge is 0.137 e. The van der Waals surface area contributed by atoms with Gasteiger partial charge in [0.25, 0.3) is 0 Å². The van der Waals surface area contributed by atoms with Gasteiger partial charge in [-0.1, -0.05) is 121 Å². The van der Waals surface area contributed by atoms with Crippen LogP contribution in [0.25, 0.3) is 55.1 Å². The van der Waals surface area contributed by atoms with Crippen LogP contribution in [0.5, 0.6) is 0 Å². The summed E-state index contributed by atoms with van der Waals surface area (Å²) in [5, 5.41) is 4.81. The molecule has 2 heterocycles. The van der Waals surface area contributed by atoms with Gasteiger partial charge in [0.2, 0.25) is 0 Å². The molecule has 0 saturated heterocycles. The summed E-state index contributed by atoms with van der Waals surface area (Å²) in [5.41, 5.74) is 8.96. The number of fused-ring (bicyclic) bond motifs is 2. The van der Waals surface area contributed by atoms with E-state index in [-0.39, 0.29) is 0 Å². The van der Waals surface area contributed by atoms with Crippen LogP contribution in [-0.4, -0.2) is 9.97 Å². The number of pyridine rings is 2. The lowest BCUT2D eigenvalue weighted by atomic mass is 9.87. The second kappa shape index (κ2) is 11.6. The summed E-state index contributed by atoms with van der Waals surface area (Å²) in [6.45, 7) is 0. The zero-order valence-corrected chi connectivity index (χ0v) is 24.6. The Morgan fingerprint density at radius 3 is 1.56 bits per heavy atom. The summed E-state index contributed by atoms with van der Waals surface area (Å²) >= 11 is 0. The van der Waals surface area contributed by atoms with Crippen molar-refractivity contribution in [2.75, 3.05) is 4.90 Å². The minimum atomic E-state index is 0.865. The number of hydrogen-bond acceptors (Lipinski definition) is 3. The zero-order chi connectivity index (χ0) is 30.0. The number of anilines is 3. The van der Waals surface area contributed by atoms with Gasteiger partial charge in [-0.15, -0.1) is 0 Å². The molecule has 0 amide bonds. The minimum absolute atomic E-state index is 0.865. The van der Waals surface area contributed by atoms with Crippen molar-refractivity contribution in [3.8, 4) is 33.5 Å². The van der Waals surface area contributed by atoms with E-state index < -0.39 is 0 Å². The number of benzene rings is 6. The molecule has 3 nitrogen and oxygen atoms in total. The second-order valence-electron chi connectivity index (χ2n) is 11.0. The third-order valence-electron chi connectivity index (χ3n) is 8.37. The van der Waals surface area contributed by atoms with Crippen LogP contribution in [-0.2, 0) is 0 Å². The second-order valence-corrected chi connectivity index (χ2v) is 11.0. The highest BCUT2D eigenvalue weighted by Crippen LogP contribution is 2.44. The Balaban J connectivity index is 1.32. The third-order valence-corrected chi connectivity index (χ3v) is 8.37. The van der Waals surface area contributed by atoms with Crippen molar-refractivity contribution in [1.82, 2.24) is 9.97 Å². The van der Waals surface area contributed by atoms with Crippen molar-refractivity contribution in [2.24, 2.45) is 0 Å². The number of rotatable bonds is 6. The van der Waals surface area contributed by atoms with Gasteiger partial charge in [-0.2, -0.15) is 0 Å². The first-order valence-corrected chi connectivity index (χ1v) is 15.2. The van der Waals surface area contributed by atoms with Crippen molar-refractivity contribution in [2.45, 2.75) is 0 Å². The highest BCUT2D eigenvalue weighted by molar-refractivity contribution is 6.21. The molecule has 0 unspecified atom stereocenters. The molecule has 0 aliphatic carbocycles. The lowest BCUT2D eigenvalue weighted by Crippen LogP contribution is -2.12. The predicted octanol–water partition coefficient (Wildman–Crippen LogP) is 11.3. The van der Waals surface area contributed by atoms with Crippen molar-refractivity contribution >= 4 is 38.7 Å². The van der Waals surface area contributed by atoms with E-state index in [0.29, 0.717) is 0 Å². The van der Waals surface area contributed by atoms with E-state index in [1.165, 1.54) is 32.7 Å². The normalized spacial score (nSPS) is 11.1. The van der Waals surface area contributed by atoms with Gasteiger partial charge in [-0.3, -0.25) is 9.88 Å². The Kier molecular flexibility index (Phi) is 6.82. The first-order valence-electron chi connectivity index (χ1n) is 15.2. The fourth-order valence-electron chi connectivity index (χ4n) is 6.41. The van der Waals surface area contributed by atoms with Gasteiger partial charge in [-0.25, -0.2) is 4.98 Å². The van der Waals surface area contributed by atoms with E-state index in [4.69, 9.17) is 9.97 Å². The highest BCUT2D eigenvalue weighted by atomic mass is 15.2. The molecule has 0 aliphatic rings. The molecule has 0 aliphatic heterocycles. The van der Waals surface area contributed by atoms with Crippen LogP contribution in [0.3, 0.4) is 0 Å². The van der Waals surface area contributed by atoms with Gasteiger partial charge < -0.3 is 0 Å². The van der Waals surface area contributed by atoms with E-state index in [0.717, 1.165) is 39.6 Å². The Bertz CT molecular complexity index is 2190. The fourth-order valence-corrected chi connectivity index (χ4v) is 6.41. The average molecular weight is 576 g/mol. The highest BCUT2D eigenvalue weighted by Gasteiger charge is 2.20. The van der Waals surface area contributed by atoms with E-state index >= 15 is 0 Å². The van der Waals surface area contributed by atoms with Crippen LogP contribution in [0.2, 0.25) is 0 Å². The van der Waals surface area contributed by atoms with Gasteiger partial charge >= 0.3 is 0 Å². The van der Waals surface area contributed by atoms with E-state index in [1.807, 2.05) is 30.6 Å². The van der Waals surface area contributed by atoms with Gasteiger partial charge in [-0.05, 0) is 80.7 Å². The Labute approximate surface area is 262 Å².